The zero-order valence-corrected chi connectivity index (χ0v) is 13.4. The molecule has 0 aromatic rings. The molecule has 1 N–H and O–H groups in total. The van der Waals surface area contributed by atoms with E-state index in [1.165, 1.54) is 0 Å². The second-order valence-electron chi connectivity index (χ2n) is 5.33. The highest BCUT2D eigenvalue weighted by Gasteiger charge is 2.01. The first-order valence-electron chi connectivity index (χ1n) is 8.20. The van der Waals surface area contributed by atoms with Crippen LogP contribution in [-0.2, 0) is 9.59 Å². The van der Waals surface area contributed by atoms with Gasteiger partial charge in [-0.1, -0.05) is 50.5 Å². The summed E-state index contributed by atoms with van der Waals surface area (Å²) in [5.41, 5.74) is 0. The van der Waals surface area contributed by atoms with Crippen molar-refractivity contribution in [3.63, 3.8) is 0 Å². The van der Waals surface area contributed by atoms with E-state index in [9.17, 15) is 9.59 Å². The van der Waals surface area contributed by atoms with E-state index in [1.54, 1.807) is 0 Å². The van der Waals surface area contributed by atoms with Crippen LogP contribution in [0.25, 0.3) is 0 Å². The van der Waals surface area contributed by atoms with Gasteiger partial charge in [0.05, 0.1) is 0 Å². The maximum absolute atomic E-state index is 11.6. The number of carbonyl (C=O) groups excluding carboxylic acids is 1. The van der Waals surface area contributed by atoms with Crippen LogP contribution in [0.3, 0.4) is 0 Å². The number of carbonyl (C=O) groups is 2. The summed E-state index contributed by atoms with van der Waals surface area (Å²) in [5, 5.41) is 8.50. The number of rotatable bonds is 14. The van der Waals surface area contributed by atoms with Crippen molar-refractivity contribution >= 4 is 11.8 Å². The fraction of sp³-hybridized carbons (Fsp3) is 0.667. The van der Waals surface area contributed by atoms with Gasteiger partial charge in [0.15, 0.2) is 0 Å². The van der Waals surface area contributed by atoms with Gasteiger partial charge in [-0.15, -0.1) is 0 Å². The Labute approximate surface area is 129 Å². The van der Waals surface area contributed by atoms with Crippen molar-refractivity contribution in [1.29, 1.82) is 0 Å². The minimum atomic E-state index is -0.719. The fourth-order valence-electron chi connectivity index (χ4n) is 2.05. The number of hydrogen-bond donors (Lipinski definition) is 1. The Kier molecular flexibility index (Phi) is 14.0. The summed E-state index contributed by atoms with van der Waals surface area (Å²) in [7, 11) is 0. The summed E-state index contributed by atoms with van der Waals surface area (Å²) in [6, 6.07) is 0. The Balaban J connectivity index is 3.34. The predicted molar refractivity (Wildman–Crippen MR) is 87.4 cm³/mol. The molecular weight excluding hydrogens is 264 g/mol. The van der Waals surface area contributed by atoms with Crippen LogP contribution in [0.5, 0.6) is 0 Å². The third-order valence-corrected chi connectivity index (χ3v) is 3.28. The lowest BCUT2D eigenvalue weighted by Gasteiger charge is -2.00. The molecule has 0 amide bonds. The van der Waals surface area contributed by atoms with Crippen LogP contribution in [0.4, 0.5) is 0 Å². The third-order valence-electron chi connectivity index (χ3n) is 3.28. The van der Waals surface area contributed by atoms with Gasteiger partial charge in [-0.2, -0.15) is 0 Å². The number of Topliss-reactive ketones (excluding diaryl/α,β-unsaturated/α-hetero) is 1. The monoisotopic (exact) mass is 294 g/mol. The minimum absolute atomic E-state index is 0.263. The number of allylic oxidation sites excluding steroid dienone is 4. The summed E-state index contributed by atoms with van der Waals surface area (Å²) in [5.74, 6) is -0.377. The summed E-state index contributed by atoms with van der Waals surface area (Å²) < 4.78 is 0. The van der Waals surface area contributed by atoms with Gasteiger partial charge < -0.3 is 5.11 Å². The summed E-state index contributed by atoms with van der Waals surface area (Å²) >= 11 is 0. The number of ketones is 1. The van der Waals surface area contributed by atoms with Crippen LogP contribution in [0, 0.1) is 0 Å². The Morgan fingerprint density at radius 3 is 2.10 bits per heavy atom. The highest BCUT2D eigenvalue weighted by Crippen LogP contribution is 2.09. The lowest BCUT2D eigenvalue weighted by atomic mass is 10.1. The summed E-state index contributed by atoms with van der Waals surface area (Å²) in [6.07, 6.45) is 17.6. The minimum Gasteiger partial charge on any atom is -0.481 e. The van der Waals surface area contributed by atoms with Crippen molar-refractivity contribution in [3.05, 3.63) is 24.3 Å². The molecule has 0 aromatic heterocycles. The van der Waals surface area contributed by atoms with Crippen LogP contribution < -0.4 is 0 Å². The zero-order valence-electron chi connectivity index (χ0n) is 13.4. The van der Waals surface area contributed by atoms with Crippen molar-refractivity contribution in [2.75, 3.05) is 0 Å². The van der Waals surface area contributed by atoms with Gasteiger partial charge >= 0.3 is 5.97 Å². The Morgan fingerprint density at radius 2 is 1.43 bits per heavy atom. The van der Waals surface area contributed by atoms with E-state index in [2.05, 4.69) is 31.2 Å². The molecule has 21 heavy (non-hydrogen) atoms. The molecule has 0 aliphatic heterocycles. The van der Waals surface area contributed by atoms with E-state index in [1.807, 2.05) is 0 Å². The quantitative estimate of drug-likeness (QED) is 0.360. The van der Waals surface area contributed by atoms with Crippen molar-refractivity contribution < 1.29 is 14.7 Å². The molecule has 0 aliphatic carbocycles. The lowest BCUT2D eigenvalue weighted by molar-refractivity contribution is -0.137. The number of carboxylic acid groups (broad SMARTS) is 1. The fourth-order valence-corrected chi connectivity index (χ4v) is 2.05. The standard InChI is InChI=1S/C18H30O3/c1-2-3-4-5-6-8-11-14-17(19)15-12-9-7-10-13-16-18(20)21/h3-4,6,8H,2,5,7,9-16H2,1H3,(H,20,21). The van der Waals surface area contributed by atoms with Crippen molar-refractivity contribution in [2.24, 2.45) is 0 Å². The third kappa shape index (κ3) is 16.6. The largest absolute Gasteiger partial charge is 0.481 e. The molecule has 3 heteroatoms. The topological polar surface area (TPSA) is 54.4 Å². The van der Waals surface area contributed by atoms with Crippen molar-refractivity contribution in [1.82, 2.24) is 0 Å². The number of carboxylic acids is 1. The molecule has 0 aromatic carbocycles. The molecular formula is C18H30O3. The van der Waals surface area contributed by atoms with E-state index in [4.69, 9.17) is 5.11 Å². The molecule has 0 bridgehead atoms. The molecule has 3 nitrogen and oxygen atoms in total. The van der Waals surface area contributed by atoms with Crippen LogP contribution in [0.1, 0.15) is 77.6 Å². The molecule has 0 fully saturated rings. The van der Waals surface area contributed by atoms with E-state index in [-0.39, 0.29) is 6.42 Å². The first kappa shape index (κ1) is 19.6. The number of hydrogen-bond acceptors (Lipinski definition) is 2. The Bertz CT molecular complexity index is 329. The second kappa shape index (κ2) is 15.0. The average molecular weight is 294 g/mol. The van der Waals surface area contributed by atoms with Gasteiger partial charge in [0, 0.05) is 19.3 Å². The normalized spacial score (nSPS) is 11.5. The highest BCUT2D eigenvalue weighted by molar-refractivity contribution is 5.78. The van der Waals surface area contributed by atoms with Crippen molar-refractivity contribution in [3.8, 4) is 0 Å². The van der Waals surface area contributed by atoms with Gasteiger partial charge in [0.1, 0.15) is 5.78 Å². The highest BCUT2D eigenvalue weighted by atomic mass is 16.4. The van der Waals surface area contributed by atoms with Gasteiger partial charge in [-0.05, 0) is 32.1 Å². The maximum Gasteiger partial charge on any atom is 0.303 e. The Morgan fingerprint density at radius 1 is 0.810 bits per heavy atom. The smallest absolute Gasteiger partial charge is 0.303 e. The van der Waals surface area contributed by atoms with E-state index >= 15 is 0 Å². The van der Waals surface area contributed by atoms with Gasteiger partial charge in [0.2, 0.25) is 0 Å². The van der Waals surface area contributed by atoms with E-state index in [0.717, 1.165) is 51.4 Å². The second-order valence-corrected chi connectivity index (χ2v) is 5.33. The molecule has 0 rings (SSSR count). The lowest BCUT2D eigenvalue weighted by Crippen LogP contribution is -1.97. The van der Waals surface area contributed by atoms with E-state index < -0.39 is 5.97 Å². The molecule has 0 heterocycles. The molecule has 0 saturated heterocycles. The van der Waals surface area contributed by atoms with Crippen LogP contribution >= 0.6 is 0 Å². The summed E-state index contributed by atoms with van der Waals surface area (Å²) in [4.78, 5) is 22.0. The van der Waals surface area contributed by atoms with Crippen molar-refractivity contribution in [2.45, 2.75) is 77.6 Å². The number of unbranched alkanes of at least 4 members (excludes halogenated alkanes) is 4. The van der Waals surface area contributed by atoms with Gasteiger partial charge in [-0.3, -0.25) is 9.59 Å². The Hall–Kier alpha value is -1.38. The first-order chi connectivity index (χ1) is 10.2. The average Bonchev–Trinajstić information content (AvgIpc) is 2.45. The predicted octanol–water partition coefficient (Wildman–Crippen LogP) is 5.06. The maximum atomic E-state index is 11.6. The van der Waals surface area contributed by atoms with Crippen LogP contribution in [0.2, 0.25) is 0 Å². The van der Waals surface area contributed by atoms with Gasteiger partial charge in [0.25, 0.3) is 0 Å². The molecule has 0 aliphatic rings. The molecule has 0 spiro atoms. The van der Waals surface area contributed by atoms with Gasteiger partial charge in [-0.25, -0.2) is 0 Å². The van der Waals surface area contributed by atoms with Crippen LogP contribution in [-0.4, -0.2) is 16.9 Å². The molecule has 0 saturated carbocycles. The molecule has 0 radical (unpaired) electrons. The summed E-state index contributed by atoms with van der Waals surface area (Å²) in [6.45, 7) is 2.12. The molecule has 0 atom stereocenters. The first-order valence-corrected chi connectivity index (χ1v) is 8.20. The number of aliphatic carboxylic acids is 1. The molecule has 0 unspecified atom stereocenters. The molecule has 120 valence electrons. The van der Waals surface area contributed by atoms with Crippen LogP contribution in [0.15, 0.2) is 24.3 Å². The SMILES string of the molecule is CCC=CCC=CCCC(=O)CCCCCCCC(=O)O. The van der Waals surface area contributed by atoms with E-state index in [0.29, 0.717) is 18.6 Å². The zero-order chi connectivity index (χ0) is 15.8.